The van der Waals surface area contributed by atoms with E-state index in [1.54, 1.807) is 0 Å². The molecule has 0 saturated heterocycles. The number of nitrogens with one attached hydrogen (secondary N) is 1. The molecule has 10 heavy (non-hydrogen) atoms. The topological polar surface area (TPSA) is 58.3 Å². The summed E-state index contributed by atoms with van der Waals surface area (Å²) < 4.78 is 0. The zero-order valence-corrected chi connectivity index (χ0v) is 6.21. The van der Waals surface area contributed by atoms with Crippen LogP contribution in [0.3, 0.4) is 0 Å². The lowest BCUT2D eigenvalue weighted by Gasteiger charge is -2.18. The maximum atomic E-state index is 9.41. The van der Waals surface area contributed by atoms with Gasteiger partial charge in [-0.15, -0.1) is 0 Å². The van der Waals surface area contributed by atoms with Crippen molar-refractivity contribution in [2.45, 2.75) is 44.2 Å². The van der Waals surface area contributed by atoms with Crippen molar-refractivity contribution in [1.29, 1.82) is 0 Å². The van der Waals surface area contributed by atoms with Gasteiger partial charge in [0.1, 0.15) is 0 Å². The van der Waals surface area contributed by atoms with Gasteiger partial charge < -0.3 is 5.11 Å². The lowest BCUT2D eigenvalue weighted by atomic mass is 10.1. The van der Waals surface area contributed by atoms with Gasteiger partial charge in [-0.2, -0.15) is 0 Å². The highest BCUT2D eigenvalue weighted by Crippen LogP contribution is 2.16. The van der Waals surface area contributed by atoms with Crippen molar-refractivity contribution in [1.82, 2.24) is 5.43 Å². The average molecular weight is 144 g/mol. The second-order valence-corrected chi connectivity index (χ2v) is 2.98. The van der Waals surface area contributed by atoms with E-state index in [0.29, 0.717) is 0 Å². The fourth-order valence-electron chi connectivity index (χ4n) is 1.48. The Morgan fingerprint density at radius 1 is 1.20 bits per heavy atom. The number of hydrazine groups is 1. The minimum atomic E-state index is -0.229. The molecule has 0 unspecified atom stereocenters. The fourth-order valence-corrected chi connectivity index (χ4v) is 1.48. The van der Waals surface area contributed by atoms with Crippen molar-refractivity contribution in [3.8, 4) is 0 Å². The third-order valence-corrected chi connectivity index (χ3v) is 2.19. The van der Waals surface area contributed by atoms with Gasteiger partial charge in [-0.3, -0.25) is 11.3 Å². The molecule has 0 bridgehead atoms. The van der Waals surface area contributed by atoms with Crippen LogP contribution in [0, 0.1) is 0 Å². The molecule has 1 rings (SSSR count). The van der Waals surface area contributed by atoms with Crippen molar-refractivity contribution < 1.29 is 5.11 Å². The van der Waals surface area contributed by atoms with Gasteiger partial charge in [0.05, 0.1) is 6.10 Å². The number of nitrogens with two attached hydrogens (primary N) is 1. The van der Waals surface area contributed by atoms with Gasteiger partial charge in [0.15, 0.2) is 0 Å². The first-order chi connectivity index (χ1) is 4.84. The summed E-state index contributed by atoms with van der Waals surface area (Å²) in [5.41, 5.74) is 2.64. The molecule has 0 aromatic rings. The molecular formula is C7H16N2O. The standard InChI is InChI=1S/C7H16N2O/c8-9-6-4-2-1-3-5-7(6)10/h6-7,9-10H,1-5,8H2/t6-,7-/m1/s1. The van der Waals surface area contributed by atoms with Crippen LogP contribution in [0.15, 0.2) is 0 Å². The Hall–Kier alpha value is -0.120. The van der Waals surface area contributed by atoms with E-state index >= 15 is 0 Å². The minimum absolute atomic E-state index is 0.127. The van der Waals surface area contributed by atoms with Crippen LogP contribution in [0.2, 0.25) is 0 Å². The molecule has 1 fully saturated rings. The van der Waals surface area contributed by atoms with E-state index in [1.807, 2.05) is 0 Å². The van der Waals surface area contributed by atoms with Crippen LogP contribution in [-0.4, -0.2) is 17.3 Å². The molecular weight excluding hydrogens is 128 g/mol. The molecule has 0 amide bonds. The highest BCUT2D eigenvalue weighted by Gasteiger charge is 2.19. The van der Waals surface area contributed by atoms with Gasteiger partial charge in [0, 0.05) is 6.04 Å². The second-order valence-electron chi connectivity index (χ2n) is 2.98. The van der Waals surface area contributed by atoms with Gasteiger partial charge in [0.25, 0.3) is 0 Å². The van der Waals surface area contributed by atoms with Gasteiger partial charge in [-0.1, -0.05) is 19.3 Å². The van der Waals surface area contributed by atoms with E-state index in [2.05, 4.69) is 5.43 Å². The van der Waals surface area contributed by atoms with E-state index < -0.39 is 0 Å². The van der Waals surface area contributed by atoms with Gasteiger partial charge in [0.2, 0.25) is 0 Å². The Balaban J connectivity index is 2.35. The Bertz CT molecular complexity index is 97.6. The molecule has 1 aliphatic rings. The summed E-state index contributed by atoms with van der Waals surface area (Å²) in [5, 5.41) is 9.41. The lowest BCUT2D eigenvalue weighted by molar-refractivity contribution is 0.120. The summed E-state index contributed by atoms with van der Waals surface area (Å²) in [5.74, 6) is 5.25. The molecule has 1 saturated carbocycles. The maximum Gasteiger partial charge on any atom is 0.0706 e. The van der Waals surface area contributed by atoms with Crippen LogP contribution in [0.5, 0.6) is 0 Å². The van der Waals surface area contributed by atoms with E-state index in [1.165, 1.54) is 12.8 Å². The van der Waals surface area contributed by atoms with Crippen molar-refractivity contribution in [2.75, 3.05) is 0 Å². The fraction of sp³-hybridized carbons (Fsp3) is 1.00. The molecule has 0 heterocycles. The maximum absolute atomic E-state index is 9.41. The third kappa shape index (κ3) is 1.94. The summed E-state index contributed by atoms with van der Waals surface area (Å²) in [6.07, 6.45) is 5.24. The molecule has 0 aromatic carbocycles. The number of hydrogen-bond donors (Lipinski definition) is 3. The van der Waals surface area contributed by atoms with E-state index in [-0.39, 0.29) is 12.1 Å². The van der Waals surface area contributed by atoms with E-state index in [9.17, 15) is 5.11 Å². The Morgan fingerprint density at radius 3 is 2.60 bits per heavy atom. The van der Waals surface area contributed by atoms with Crippen molar-refractivity contribution in [3.63, 3.8) is 0 Å². The molecule has 2 atom stereocenters. The Labute approximate surface area is 61.6 Å². The first-order valence-corrected chi connectivity index (χ1v) is 3.99. The molecule has 60 valence electrons. The van der Waals surface area contributed by atoms with E-state index in [0.717, 1.165) is 19.3 Å². The van der Waals surface area contributed by atoms with Gasteiger partial charge >= 0.3 is 0 Å². The van der Waals surface area contributed by atoms with Crippen LogP contribution in [-0.2, 0) is 0 Å². The molecule has 0 spiro atoms. The predicted molar refractivity (Wildman–Crippen MR) is 40.2 cm³/mol. The molecule has 4 N–H and O–H groups in total. The summed E-state index contributed by atoms with van der Waals surface area (Å²) in [4.78, 5) is 0. The number of rotatable bonds is 1. The third-order valence-electron chi connectivity index (χ3n) is 2.19. The zero-order chi connectivity index (χ0) is 7.40. The predicted octanol–water partition coefficient (Wildman–Crippen LogP) is 0.143. The first kappa shape index (κ1) is 7.98. The van der Waals surface area contributed by atoms with Crippen LogP contribution in [0.1, 0.15) is 32.1 Å². The zero-order valence-electron chi connectivity index (χ0n) is 6.21. The summed E-state index contributed by atoms with van der Waals surface area (Å²) in [6, 6.07) is 0.127. The smallest absolute Gasteiger partial charge is 0.0706 e. The Morgan fingerprint density at radius 2 is 1.90 bits per heavy atom. The quantitative estimate of drug-likeness (QED) is 0.279. The largest absolute Gasteiger partial charge is 0.391 e. The molecule has 0 aliphatic heterocycles. The SMILES string of the molecule is NN[C@@H]1CCCCC[C@H]1O. The number of hydrogen-bond acceptors (Lipinski definition) is 3. The van der Waals surface area contributed by atoms with Crippen LogP contribution >= 0.6 is 0 Å². The Kier molecular flexibility index (Phi) is 3.12. The average Bonchev–Trinajstić information content (AvgIpc) is 2.13. The second kappa shape index (κ2) is 3.91. The van der Waals surface area contributed by atoms with Crippen molar-refractivity contribution in [2.24, 2.45) is 5.84 Å². The van der Waals surface area contributed by atoms with Crippen LogP contribution in [0.4, 0.5) is 0 Å². The molecule has 0 radical (unpaired) electrons. The molecule has 3 nitrogen and oxygen atoms in total. The minimum Gasteiger partial charge on any atom is -0.391 e. The summed E-state index contributed by atoms with van der Waals surface area (Å²) in [7, 11) is 0. The highest BCUT2D eigenvalue weighted by molar-refractivity contribution is 4.76. The first-order valence-electron chi connectivity index (χ1n) is 3.99. The van der Waals surface area contributed by atoms with Crippen molar-refractivity contribution >= 4 is 0 Å². The highest BCUT2D eigenvalue weighted by atomic mass is 16.3. The van der Waals surface area contributed by atoms with Crippen molar-refractivity contribution in [3.05, 3.63) is 0 Å². The van der Waals surface area contributed by atoms with E-state index in [4.69, 9.17) is 5.84 Å². The summed E-state index contributed by atoms with van der Waals surface area (Å²) >= 11 is 0. The molecule has 0 aromatic heterocycles. The number of aliphatic hydroxyl groups is 1. The van der Waals surface area contributed by atoms with Gasteiger partial charge in [-0.25, -0.2) is 0 Å². The monoisotopic (exact) mass is 144 g/mol. The van der Waals surface area contributed by atoms with Crippen LogP contribution in [0.25, 0.3) is 0 Å². The molecule has 1 aliphatic carbocycles. The number of aliphatic hydroxyl groups excluding tert-OH is 1. The lowest BCUT2D eigenvalue weighted by Crippen LogP contribution is -2.43. The normalized spacial score (nSPS) is 35.4. The molecule has 3 heteroatoms. The van der Waals surface area contributed by atoms with Gasteiger partial charge in [-0.05, 0) is 12.8 Å². The summed E-state index contributed by atoms with van der Waals surface area (Å²) in [6.45, 7) is 0. The van der Waals surface area contributed by atoms with Crippen LogP contribution < -0.4 is 11.3 Å².